The van der Waals surface area contributed by atoms with Crippen molar-refractivity contribution in [2.75, 3.05) is 0 Å². The number of nitrogens with zero attached hydrogens (tertiary/aromatic N) is 1. The Labute approximate surface area is 220 Å². The third-order valence-electron chi connectivity index (χ3n) is 12.3. The molecule has 0 aromatic carbocycles. The molecule has 0 saturated heterocycles. The predicted molar refractivity (Wildman–Crippen MR) is 140 cm³/mol. The van der Waals surface area contributed by atoms with Gasteiger partial charge in [0, 0.05) is 22.2 Å². The van der Waals surface area contributed by atoms with Crippen molar-refractivity contribution < 1.29 is 14.4 Å². The molecule has 0 aromatic rings. The predicted octanol–water partition coefficient (Wildman–Crippen LogP) is 6.97. The van der Waals surface area contributed by atoms with Crippen molar-refractivity contribution in [2.24, 2.45) is 50.2 Å². The minimum atomic E-state index is -0.669. The molecule has 4 nitrogen and oxygen atoms in total. The van der Waals surface area contributed by atoms with Crippen molar-refractivity contribution in [2.45, 2.75) is 93.4 Å². The molecule has 0 spiro atoms. The fourth-order valence-electron chi connectivity index (χ4n) is 9.98. The van der Waals surface area contributed by atoms with Gasteiger partial charge in [-0.2, -0.15) is 5.26 Å². The summed E-state index contributed by atoms with van der Waals surface area (Å²) >= 11 is 6.36. The number of halogens is 1. The van der Waals surface area contributed by atoms with Crippen molar-refractivity contribution in [1.82, 2.24) is 0 Å². The van der Waals surface area contributed by atoms with Crippen LogP contribution < -0.4 is 0 Å². The first-order chi connectivity index (χ1) is 16.5. The lowest BCUT2D eigenvalue weighted by atomic mass is 9.34. The van der Waals surface area contributed by atoms with Gasteiger partial charge in [0.2, 0.25) is 5.24 Å². The Hall–Kier alpha value is -1.73. The van der Waals surface area contributed by atoms with E-state index in [1.165, 1.54) is 0 Å². The van der Waals surface area contributed by atoms with Gasteiger partial charge in [-0.15, -0.1) is 0 Å². The summed E-state index contributed by atoms with van der Waals surface area (Å²) in [6, 6.07) is 2.16. The van der Waals surface area contributed by atoms with Gasteiger partial charge in [0.05, 0.1) is 5.57 Å². The number of fused-ring (bicyclic) bond motifs is 7. The highest BCUT2D eigenvalue weighted by molar-refractivity contribution is 6.64. The molecule has 0 radical (unpaired) electrons. The lowest BCUT2D eigenvalue weighted by Crippen LogP contribution is -2.65. The molecule has 194 valence electrons. The second-order valence-electron chi connectivity index (χ2n) is 14.7. The Morgan fingerprint density at radius 2 is 1.64 bits per heavy atom. The van der Waals surface area contributed by atoms with Crippen LogP contribution in [0, 0.1) is 61.6 Å². The minimum absolute atomic E-state index is 0.0302. The second kappa shape index (κ2) is 7.43. The lowest BCUT2D eigenvalue weighted by molar-refractivity contribution is -0.173. The van der Waals surface area contributed by atoms with Crippen LogP contribution in [0.1, 0.15) is 93.4 Å². The van der Waals surface area contributed by atoms with Crippen LogP contribution in [0.3, 0.4) is 0 Å². The van der Waals surface area contributed by atoms with E-state index in [9.17, 15) is 19.6 Å². The topological polar surface area (TPSA) is 75.0 Å². The number of carbonyl (C=O) groups excluding carboxylic acids is 3. The van der Waals surface area contributed by atoms with Crippen LogP contribution in [-0.4, -0.2) is 16.8 Å². The van der Waals surface area contributed by atoms with E-state index in [4.69, 9.17) is 11.6 Å². The molecule has 36 heavy (non-hydrogen) atoms. The van der Waals surface area contributed by atoms with Gasteiger partial charge in [-0.05, 0) is 90.7 Å². The highest BCUT2D eigenvalue weighted by atomic mass is 35.5. The SMILES string of the molecule is CC1(C)CC[C@]2(C(=O)Cl)CC[C@]3(C)C(C(=O)C=C4[C@@]5(C)C=C(C#N)C(=O)C(C)(C)[C@@H]5CC[C@]43C)C2C1. The molecule has 0 bridgehead atoms. The molecule has 2 unspecified atom stereocenters. The third kappa shape index (κ3) is 2.96. The van der Waals surface area contributed by atoms with Gasteiger partial charge in [-0.3, -0.25) is 14.4 Å². The molecular formula is C31H40ClNO3. The largest absolute Gasteiger partial charge is 0.295 e. The Bertz CT molecular complexity index is 1190. The van der Waals surface area contributed by atoms with Crippen molar-refractivity contribution in [3.05, 3.63) is 23.3 Å². The summed E-state index contributed by atoms with van der Waals surface area (Å²) in [5.41, 5.74) is -1.05. The Kier molecular flexibility index (Phi) is 5.35. The monoisotopic (exact) mass is 509 g/mol. The quantitative estimate of drug-likeness (QED) is 0.357. The van der Waals surface area contributed by atoms with Crippen LogP contribution in [0.4, 0.5) is 0 Å². The Morgan fingerprint density at radius 1 is 1.00 bits per heavy atom. The van der Waals surface area contributed by atoms with Crippen LogP contribution in [0.2, 0.25) is 0 Å². The van der Waals surface area contributed by atoms with Gasteiger partial charge < -0.3 is 0 Å². The first-order valence-electron chi connectivity index (χ1n) is 13.6. The number of ketones is 2. The molecule has 5 heteroatoms. The van der Waals surface area contributed by atoms with Gasteiger partial charge in [-0.25, -0.2) is 0 Å². The van der Waals surface area contributed by atoms with Gasteiger partial charge in [-0.1, -0.05) is 60.1 Å². The van der Waals surface area contributed by atoms with Crippen molar-refractivity contribution in [1.29, 1.82) is 5.26 Å². The van der Waals surface area contributed by atoms with Gasteiger partial charge >= 0.3 is 0 Å². The summed E-state index contributed by atoms with van der Waals surface area (Å²) in [4.78, 5) is 40.4. The number of hydrogen-bond acceptors (Lipinski definition) is 4. The van der Waals surface area contributed by atoms with E-state index in [-0.39, 0.29) is 56.4 Å². The summed E-state index contributed by atoms with van der Waals surface area (Å²) in [5.74, 6) is -0.261. The van der Waals surface area contributed by atoms with Gasteiger partial charge in [0.25, 0.3) is 0 Å². The van der Waals surface area contributed by atoms with Gasteiger partial charge in [0.15, 0.2) is 11.6 Å². The maximum Gasteiger partial charge on any atom is 0.228 e. The molecule has 3 fully saturated rings. The first-order valence-corrected chi connectivity index (χ1v) is 14.0. The van der Waals surface area contributed by atoms with Crippen molar-refractivity contribution >= 4 is 28.4 Å². The summed E-state index contributed by atoms with van der Waals surface area (Å²) in [5, 5.41) is 9.58. The maximum atomic E-state index is 14.3. The fourth-order valence-corrected chi connectivity index (χ4v) is 10.3. The number of nitriles is 1. The van der Waals surface area contributed by atoms with Crippen LogP contribution in [0.25, 0.3) is 0 Å². The Morgan fingerprint density at radius 3 is 2.25 bits per heavy atom. The average molecular weight is 510 g/mol. The standard InChI is InChI=1S/C31H40ClNO3/c1-26(2)10-12-31(25(32)36)13-11-30(7)23(19(31)16-26)20(34)14-22-28(5)15-18(17-33)24(35)27(3,4)21(28)8-9-29(22,30)6/h14-15,19,21,23H,8-13,16H2,1-7H3/t19?,21-,23?,28-,29+,30+,31-/m0/s1. The number of rotatable bonds is 1. The minimum Gasteiger partial charge on any atom is -0.295 e. The van der Waals surface area contributed by atoms with Crippen LogP contribution in [0.5, 0.6) is 0 Å². The third-order valence-corrected chi connectivity index (χ3v) is 12.6. The van der Waals surface area contributed by atoms with Crippen LogP contribution in [0.15, 0.2) is 23.3 Å². The molecule has 0 aliphatic heterocycles. The van der Waals surface area contributed by atoms with Crippen LogP contribution >= 0.6 is 11.6 Å². The number of Topliss-reactive ketones (excluding diaryl/α,β-unsaturated/α-hetero) is 1. The van der Waals surface area contributed by atoms with Crippen molar-refractivity contribution in [3.8, 4) is 6.07 Å². The highest BCUT2D eigenvalue weighted by Crippen LogP contribution is 2.74. The normalized spacial score (nSPS) is 46.7. The van der Waals surface area contributed by atoms with E-state index >= 15 is 0 Å². The highest BCUT2D eigenvalue weighted by Gasteiger charge is 2.70. The number of carbonyl (C=O) groups is 3. The van der Waals surface area contributed by atoms with E-state index in [1.54, 1.807) is 0 Å². The van der Waals surface area contributed by atoms with Crippen LogP contribution in [-0.2, 0) is 14.4 Å². The molecule has 0 aromatic heterocycles. The zero-order chi connectivity index (χ0) is 26.7. The molecule has 5 aliphatic carbocycles. The summed E-state index contributed by atoms with van der Waals surface area (Å²) in [6.07, 6.45) is 9.56. The Balaban J connectivity index is 1.71. The van der Waals surface area contributed by atoms with Crippen molar-refractivity contribution in [3.63, 3.8) is 0 Å². The molecule has 5 aliphatic rings. The number of allylic oxidation sites excluding steroid dienone is 4. The van der Waals surface area contributed by atoms with E-state index in [0.717, 1.165) is 50.5 Å². The van der Waals surface area contributed by atoms with E-state index in [1.807, 2.05) is 26.0 Å². The summed E-state index contributed by atoms with van der Waals surface area (Å²) < 4.78 is 0. The molecule has 7 atom stereocenters. The first kappa shape index (κ1) is 25.9. The number of hydrogen-bond donors (Lipinski definition) is 0. The molecule has 5 rings (SSSR count). The second-order valence-corrected chi connectivity index (χ2v) is 15.0. The smallest absolute Gasteiger partial charge is 0.228 e. The molecule has 3 saturated carbocycles. The van der Waals surface area contributed by atoms with Gasteiger partial charge in [0.1, 0.15) is 6.07 Å². The zero-order valence-electron chi connectivity index (χ0n) is 22.9. The molecule has 0 heterocycles. The molecule has 0 amide bonds. The van der Waals surface area contributed by atoms with E-state index in [0.29, 0.717) is 0 Å². The molecule has 0 N–H and O–H groups in total. The lowest BCUT2D eigenvalue weighted by Gasteiger charge is -2.68. The average Bonchev–Trinajstić information content (AvgIpc) is 2.77. The molecular weight excluding hydrogens is 470 g/mol. The summed E-state index contributed by atoms with van der Waals surface area (Å²) in [6.45, 7) is 15.2. The zero-order valence-corrected chi connectivity index (χ0v) is 23.6. The fraction of sp³-hybridized carbons (Fsp3) is 0.742. The van der Waals surface area contributed by atoms with E-state index in [2.05, 4.69) is 40.7 Å². The summed E-state index contributed by atoms with van der Waals surface area (Å²) in [7, 11) is 0. The maximum absolute atomic E-state index is 14.3. The van der Waals surface area contributed by atoms with E-state index < -0.39 is 16.2 Å².